The molecule has 0 aliphatic carbocycles. The molecule has 21 heavy (non-hydrogen) atoms. The van der Waals surface area contributed by atoms with Crippen molar-refractivity contribution in [3.05, 3.63) is 47.3 Å². The quantitative estimate of drug-likeness (QED) is 0.869. The lowest BCUT2D eigenvalue weighted by Gasteiger charge is -2.13. The molecule has 7 heteroatoms. The van der Waals surface area contributed by atoms with Crippen molar-refractivity contribution in [2.45, 2.75) is 31.3 Å². The van der Waals surface area contributed by atoms with Crippen LogP contribution >= 0.6 is 0 Å². The van der Waals surface area contributed by atoms with E-state index in [2.05, 4.69) is 10.4 Å². The zero-order chi connectivity index (χ0) is 15.6. The van der Waals surface area contributed by atoms with Crippen molar-refractivity contribution in [2.75, 3.05) is 0 Å². The highest BCUT2D eigenvalue weighted by Gasteiger charge is 2.12. The number of nitrogens with two attached hydrogens (primary N) is 1. The molecule has 3 N–H and O–H groups in total. The molecule has 1 atom stereocenters. The minimum Gasteiger partial charge on any atom is -0.306 e. The molecule has 1 heterocycles. The van der Waals surface area contributed by atoms with E-state index in [1.54, 1.807) is 16.8 Å². The van der Waals surface area contributed by atoms with E-state index in [1.165, 1.54) is 6.07 Å². The van der Waals surface area contributed by atoms with Gasteiger partial charge in [-0.25, -0.2) is 13.6 Å². The molecule has 1 unspecified atom stereocenters. The summed E-state index contributed by atoms with van der Waals surface area (Å²) in [7, 11) is -1.77. The third-order valence-corrected chi connectivity index (χ3v) is 4.27. The van der Waals surface area contributed by atoms with E-state index in [0.717, 1.165) is 16.8 Å². The molecule has 0 bridgehead atoms. The van der Waals surface area contributed by atoms with Gasteiger partial charge in [0.1, 0.15) is 0 Å². The Labute approximate surface area is 125 Å². The molecule has 0 amide bonds. The third kappa shape index (κ3) is 3.90. The van der Waals surface area contributed by atoms with Gasteiger partial charge in [0, 0.05) is 31.4 Å². The molecule has 0 radical (unpaired) electrons. The van der Waals surface area contributed by atoms with Crippen LogP contribution in [-0.2, 0) is 23.6 Å². The van der Waals surface area contributed by atoms with Crippen molar-refractivity contribution >= 4 is 10.0 Å². The van der Waals surface area contributed by atoms with E-state index in [0.29, 0.717) is 6.54 Å². The SMILES string of the molecule is Cc1nn(C)cc1C(C)NCc1cccc(S(N)(=O)=O)c1. The fourth-order valence-corrected chi connectivity index (χ4v) is 2.84. The summed E-state index contributed by atoms with van der Waals surface area (Å²) in [5, 5.41) is 12.8. The van der Waals surface area contributed by atoms with E-state index in [1.807, 2.05) is 33.2 Å². The van der Waals surface area contributed by atoms with Crippen molar-refractivity contribution < 1.29 is 8.42 Å². The predicted octanol–water partition coefficient (Wildman–Crippen LogP) is 1.23. The summed E-state index contributed by atoms with van der Waals surface area (Å²) >= 11 is 0. The summed E-state index contributed by atoms with van der Waals surface area (Å²) in [5.41, 5.74) is 2.98. The van der Waals surface area contributed by atoms with Crippen molar-refractivity contribution in [3.8, 4) is 0 Å². The molecular weight excluding hydrogens is 288 g/mol. The maximum atomic E-state index is 11.3. The smallest absolute Gasteiger partial charge is 0.238 e. The molecule has 1 aromatic heterocycles. The molecule has 0 saturated carbocycles. The van der Waals surface area contributed by atoms with Gasteiger partial charge in [-0.3, -0.25) is 4.68 Å². The fourth-order valence-electron chi connectivity index (χ4n) is 2.26. The Morgan fingerprint density at radius 3 is 2.71 bits per heavy atom. The van der Waals surface area contributed by atoms with E-state index in [-0.39, 0.29) is 10.9 Å². The van der Waals surface area contributed by atoms with Crippen LogP contribution in [0.4, 0.5) is 0 Å². The van der Waals surface area contributed by atoms with Crippen LogP contribution in [0.2, 0.25) is 0 Å². The van der Waals surface area contributed by atoms with Gasteiger partial charge in [-0.1, -0.05) is 12.1 Å². The number of nitrogens with zero attached hydrogens (tertiary/aromatic N) is 2. The van der Waals surface area contributed by atoms with E-state index in [4.69, 9.17) is 5.14 Å². The average molecular weight is 308 g/mol. The number of aryl methyl sites for hydroxylation is 2. The van der Waals surface area contributed by atoms with Gasteiger partial charge in [-0.05, 0) is 31.5 Å². The molecule has 1 aromatic carbocycles. The second kappa shape index (κ2) is 5.97. The number of nitrogens with one attached hydrogen (secondary N) is 1. The second-order valence-corrected chi connectivity index (χ2v) is 6.70. The Bertz CT molecular complexity index is 737. The Morgan fingerprint density at radius 1 is 1.43 bits per heavy atom. The minimum atomic E-state index is -3.66. The lowest BCUT2D eigenvalue weighted by Crippen LogP contribution is -2.19. The molecule has 0 aliphatic rings. The van der Waals surface area contributed by atoms with Crippen LogP contribution in [0.1, 0.15) is 29.8 Å². The molecule has 6 nitrogen and oxygen atoms in total. The Morgan fingerprint density at radius 2 is 2.14 bits per heavy atom. The highest BCUT2D eigenvalue weighted by Crippen LogP contribution is 2.17. The molecule has 2 rings (SSSR count). The maximum absolute atomic E-state index is 11.3. The van der Waals surface area contributed by atoms with Crippen LogP contribution in [0.3, 0.4) is 0 Å². The van der Waals surface area contributed by atoms with Gasteiger partial charge in [-0.2, -0.15) is 5.10 Å². The zero-order valence-corrected chi connectivity index (χ0v) is 13.2. The van der Waals surface area contributed by atoms with Crippen LogP contribution in [0.15, 0.2) is 35.4 Å². The number of hydrogen-bond donors (Lipinski definition) is 2. The molecule has 0 aliphatic heterocycles. The van der Waals surface area contributed by atoms with Crippen molar-refractivity contribution in [1.29, 1.82) is 0 Å². The maximum Gasteiger partial charge on any atom is 0.238 e. The summed E-state index contributed by atoms with van der Waals surface area (Å²) in [4.78, 5) is 0.131. The first-order valence-corrected chi connectivity index (χ1v) is 8.17. The van der Waals surface area contributed by atoms with E-state index >= 15 is 0 Å². The van der Waals surface area contributed by atoms with Crippen LogP contribution in [-0.4, -0.2) is 18.2 Å². The number of benzene rings is 1. The summed E-state index contributed by atoms with van der Waals surface area (Å²) in [6.45, 7) is 4.57. The molecule has 114 valence electrons. The van der Waals surface area contributed by atoms with Gasteiger partial charge < -0.3 is 5.32 Å². The number of aromatic nitrogens is 2. The Kier molecular flexibility index (Phi) is 4.46. The van der Waals surface area contributed by atoms with Gasteiger partial charge in [0.05, 0.1) is 10.6 Å². The molecular formula is C14H20N4O2S. The van der Waals surface area contributed by atoms with Crippen LogP contribution in [0.5, 0.6) is 0 Å². The minimum absolute atomic E-state index is 0.122. The molecule has 0 saturated heterocycles. The van der Waals surface area contributed by atoms with Crippen LogP contribution in [0, 0.1) is 6.92 Å². The van der Waals surface area contributed by atoms with Crippen molar-refractivity contribution in [2.24, 2.45) is 12.2 Å². The first-order valence-electron chi connectivity index (χ1n) is 6.62. The van der Waals surface area contributed by atoms with Crippen molar-refractivity contribution in [1.82, 2.24) is 15.1 Å². The zero-order valence-electron chi connectivity index (χ0n) is 12.4. The highest BCUT2D eigenvalue weighted by molar-refractivity contribution is 7.89. The lowest BCUT2D eigenvalue weighted by atomic mass is 10.1. The normalized spacial score (nSPS) is 13.3. The summed E-state index contributed by atoms with van der Waals surface area (Å²) < 4.78 is 24.5. The number of rotatable bonds is 5. The Balaban J connectivity index is 2.08. The van der Waals surface area contributed by atoms with Crippen LogP contribution < -0.4 is 10.5 Å². The fraction of sp³-hybridized carbons (Fsp3) is 0.357. The first-order chi connectivity index (χ1) is 9.77. The van der Waals surface area contributed by atoms with Gasteiger partial charge in [0.15, 0.2) is 0 Å². The standard InChI is InChI=1S/C14H20N4O2S/c1-10(14-9-18(3)17-11(14)2)16-8-12-5-4-6-13(7-12)21(15,19)20/h4-7,9-10,16H,8H2,1-3H3,(H2,15,19,20). The summed E-state index contributed by atoms with van der Waals surface area (Å²) in [5.74, 6) is 0. The van der Waals surface area contributed by atoms with Gasteiger partial charge >= 0.3 is 0 Å². The summed E-state index contributed by atoms with van der Waals surface area (Å²) in [6, 6.07) is 6.76. The highest BCUT2D eigenvalue weighted by atomic mass is 32.2. The number of hydrogen-bond acceptors (Lipinski definition) is 4. The monoisotopic (exact) mass is 308 g/mol. The number of primary sulfonamides is 1. The second-order valence-electron chi connectivity index (χ2n) is 5.14. The topological polar surface area (TPSA) is 90.0 Å². The molecule has 2 aromatic rings. The molecule has 0 spiro atoms. The predicted molar refractivity (Wildman–Crippen MR) is 81.0 cm³/mol. The molecule has 0 fully saturated rings. The van der Waals surface area contributed by atoms with Gasteiger partial charge in [0.25, 0.3) is 0 Å². The average Bonchev–Trinajstić information content (AvgIpc) is 2.74. The van der Waals surface area contributed by atoms with E-state index < -0.39 is 10.0 Å². The lowest BCUT2D eigenvalue weighted by molar-refractivity contribution is 0.570. The van der Waals surface area contributed by atoms with Crippen molar-refractivity contribution in [3.63, 3.8) is 0 Å². The van der Waals surface area contributed by atoms with Crippen LogP contribution in [0.25, 0.3) is 0 Å². The largest absolute Gasteiger partial charge is 0.306 e. The van der Waals surface area contributed by atoms with Gasteiger partial charge in [0.2, 0.25) is 10.0 Å². The third-order valence-electron chi connectivity index (χ3n) is 3.36. The number of sulfonamides is 1. The summed E-state index contributed by atoms with van der Waals surface area (Å²) in [6.07, 6.45) is 1.98. The van der Waals surface area contributed by atoms with E-state index in [9.17, 15) is 8.42 Å². The first kappa shape index (κ1) is 15.7. The van der Waals surface area contributed by atoms with Gasteiger partial charge in [-0.15, -0.1) is 0 Å². The Hall–Kier alpha value is -1.70.